The molecule has 154 valence electrons. The number of pyridine rings is 2. The van der Waals surface area contributed by atoms with Crippen molar-refractivity contribution in [2.75, 3.05) is 0 Å². The van der Waals surface area contributed by atoms with Crippen LogP contribution in [0.1, 0.15) is 32.1 Å². The number of ketones is 2. The van der Waals surface area contributed by atoms with Crippen LogP contribution in [-0.2, 0) is 0 Å². The van der Waals surface area contributed by atoms with Crippen molar-refractivity contribution in [2.24, 2.45) is 5.16 Å². The van der Waals surface area contributed by atoms with Gasteiger partial charge in [0.15, 0.2) is 0 Å². The zero-order valence-corrected chi connectivity index (χ0v) is 16.7. The Labute approximate surface area is 180 Å². The van der Waals surface area contributed by atoms with Gasteiger partial charge in [-0.3, -0.25) is 19.6 Å². The summed E-state index contributed by atoms with van der Waals surface area (Å²) in [6.45, 7) is 2.67. The zero-order chi connectivity index (χ0) is 22.3. The van der Waals surface area contributed by atoms with E-state index in [9.17, 15) is 9.59 Å². The van der Waals surface area contributed by atoms with Crippen molar-refractivity contribution in [1.82, 2.24) is 9.97 Å². The molecule has 0 aliphatic rings. The minimum atomic E-state index is -0.0359. The van der Waals surface area contributed by atoms with Crippen LogP contribution in [0.25, 0.3) is 0 Å². The molecule has 0 saturated heterocycles. The monoisotopic (exact) mass is 411 g/mol. The maximum Gasteiger partial charge on any atom is 0.211 e. The molecule has 0 atom stereocenters. The van der Waals surface area contributed by atoms with Gasteiger partial charge in [-0.05, 0) is 24.3 Å². The van der Waals surface area contributed by atoms with Gasteiger partial charge in [-0.15, -0.1) is 5.16 Å². The molecule has 31 heavy (non-hydrogen) atoms. The topological polar surface area (TPSA) is 92.5 Å². The van der Waals surface area contributed by atoms with Gasteiger partial charge in [0.2, 0.25) is 11.6 Å². The van der Waals surface area contributed by atoms with Crippen molar-refractivity contribution >= 4 is 18.3 Å². The first-order valence-corrected chi connectivity index (χ1v) is 9.29. The first-order chi connectivity index (χ1) is 15.2. The summed E-state index contributed by atoms with van der Waals surface area (Å²) in [7, 11) is 0. The van der Waals surface area contributed by atoms with Gasteiger partial charge in [-0.25, -0.2) is 0 Å². The molecule has 1 N–H and O–H groups in total. The molecule has 0 spiro atoms. The second kappa shape index (κ2) is 12.9. The summed E-state index contributed by atoms with van der Waals surface area (Å²) >= 11 is 0. The number of rotatable bonds is 4. The standard InChI is InChI=1S/2C12H9NO.CH3NO/c2*14-12(10-6-2-1-3-7-10)11-8-4-5-9-13-11;1-2-3/h2*1-9H;3H,1H2. The van der Waals surface area contributed by atoms with E-state index in [0.717, 1.165) is 0 Å². The van der Waals surface area contributed by atoms with Gasteiger partial charge in [0, 0.05) is 30.2 Å². The molecule has 0 saturated carbocycles. The molecule has 0 aliphatic carbocycles. The number of hydrogen-bond acceptors (Lipinski definition) is 6. The highest BCUT2D eigenvalue weighted by Crippen LogP contribution is 2.07. The number of benzene rings is 2. The lowest BCUT2D eigenvalue weighted by Gasteiger charge is -1.98. The molecule has 2 aromatic heterocycles. The summed E-state index contributed by atoms with van der Waals surface area (Å²) in [6, 6.07) is 28.9. The number of hydrogen-bond donors (Lipinski definition) is 1. The highest BCUT2D eigenvalue weighted by molar-refractivity contribution is 6.08. The third kappa shape index (κ3) is 7.47. The second-order valence-corrected chi connectivity index (χ2v) is 5.96. The van der Waals surface area contributed by atoms with Gasteiger partial charge in [0.1, 0.15) is 11.4 Å². The number of oxime groups is 1. The van der Waals surface area contributed by atoms with Gasteiger partial charge < -0.3 is 5.21 Å². The fourth-order valence-electron chi connectivity index (χ4n) is 2.47. The maximum absolute atomic E-state index is 11.8. The van der Waals surface area contributed by atoms with E-state index in [2.05, 4.69) is 21.8 Å². The Kier molecular flexibility index (Phi) is 9.50. The highest BCUT2D eigenvalue weighted by Gasteiger charge is 2.08. The lowest BCUT2D eigenvalue weighted by Crippen LogP contribution is -2.02. The van der Waals surface area contributed by atoms with E-state index < -0.39 is 0 Å². The average molecular weight is 411 g/mol. The largest absolute Gasteiger partial charge is 0.411 e. The Hall–Kier alpha value is -4.45. The van der Waals surface area contributed by atoms with Gasteiger partial charge in [-0.1, -0.05) is 72.8 Å². The van der Waals surface area contributed by atoms with Crippen molar-refractivity contribution < 1.29 is 14.8 Å². The van der Waals surface area contributed by atoms with Crippen LogP contribution >= 0.6 is 0 Å². The second-order valence-electron chi connectivity index (χ2n) is 5.96. The van der Waals surface area contributed by atoms with Crippen molar-refractivity contribution in [3.8, 4) is 0 Å². The van der Waals surface area contributed by atoms with Crippen LogP contribution < -0.4 is 0 Å². The normalized spacial score (nSPS) is 9.16. The number of nitrogens with zero attached hydrogens (tertiary/aromatic N) is 3. The summed E-state index contributed by atoms with van der Waals surface area (Å²) in [5, 5.41) is 9.33. The summed E-state index contributed by atoms with van der Waals surface area (Å²) in [5.74, 6) is -0.0719. The minimum Gasteiger partial charge on any atom is -0.411 e. The molecule has 4 aromatic rings. The van der Waals surface area contributed by atoms with E-state index >= 15 is 0 Å². The quantitative estimate of drug-likeness (QED) is 0.227. The molecule has 0 aliphatic heterocycles. The summed E-state index contributed by atoms with van der Waals surface area (Å²) < 4.78 is 0. The molecular formula is C25H21N3O3. The lowest BCUT2D eigenvalue weighted by atomic mass is 10.1. The van der Waals surface area contributed by atoms with Crippen molar-refractivity contribution in [2.45, 2.75) is 0 Å². The van der Waals surface area contributed by atoms with E-state index in [0.29, 0.717) is 22.5 Å². The molecule has 2 heterocycles. The molecule has 6 nitrogen and oxygen atoms in total. The maximum atomic E-state index is 11.8. The first-order valence-electron chi connectivity index (χ1n) is 9.29. The summed E-state index contributed by atoms with van der Waals surface area (Å²) in [6.07, 6.45) is 3.24. The van der Waals surface area contributed by atoms with E-state index in [1.54, 1.807) is 60.9 Å². The van der Waals surface area contributed by atoms with Crippen LogP contribution in [0.4, 0.5) is 0 Å². The van der Waals surface area contributed by atoms with Gasteiger partial charge >= 0.3 is 0 Å². The summed E-state index contributed by atoms with van der Waals surface area (Å²) in [5.41, 5.74) is 2.31. The van der Waals surface area contributed by atoms with Crippen LogP contribution in [-0.4, -0.2) is 33.5 Å². The number of carbonyl (C=O) groups is 2. The van der Waals surface area contributed by atoms with E-state index in [4.69, 9.17) is 5.21 Å². The van der Waals surface area contributed by atoms with Crippen molar-refractivity contribution in [3.63, 3.8) is 0 Å². The van der Waals surface area contributed by atoms with Crippen molar-refractivity contribution in [1.29, 1.82) is 0 Å². The molecule has 0 amide bonds. The SMILES string of the molecule is C=NO.O=C(c1ccccc1)c1ccccn1.O=C(c1ccccc1)c1ccccn1. The molecule has 4 rings (SSSR count). The average Bonchev–Trinajstić information content (AvgIpc) is 2.86. The molecule has 0 unspecified atom stereocenters. The van der Waals surface area contributed by atoms with Crippen LogP contribution in [0.2, 0.25) is 0 Å². The van der Waals surface area contributed by atoms with Crippen LogP contribution in [0.5, 0.6) is 0 Å². The molecular weight excluding hydrogens is 390 g/mol. The minimum absolute atomic E-state index is 0.0359. The molecule has 0 radical (unpaired) electrons. The van der Waals surface area contributed by atoms with Crippen LogP contribution in [0.3, 0.4) is 0 Å². The Morgan fingerprint density at radius 3 is 1.23 bits per heavy atom. The van der Waals surface area contributed by atoms with E-state index in [1.807, 2.05) is 48.5 Å². The Balaban J connectivity index is 0.000000196. The smallest absolute Gasteiger partial charge is 0.211 e. The third-order valence-electron chi connectivity index (χ3n) is 3.87. The highest BCUT2D eigenvalue weighted by atomic mass is 16.4. The molecule has 0 bridgehead atoms. The lowest BCUT2D eigenvalue weighted by molar-refractivity contribution is 0.102. The predicted octanol–water partition coefficient (Wildman–Crippen LogP) is 4.70. The van der Waals surface area contributed by atoms with E-state index in [1.165, 1.54) is 0 Å². The van der Waals surface area contributed by atoms with Crippen molar-refractivity contribution in [3.05, 3.63) is 132 Å². The number of carbonyl (C=O) groups excluding carboxylic acids is 2. The fourth-order valence-corrected chi connectivity index (χ4v) is 2.47. The van der Waals surface area contributed by atoms with Gasteiger partial charge in [0.05, 0.1) is 0 Å². The zero-order valence-electron chi connectivity index (χ0n) is 16.7. The molecule has 6 heteroatoms. The van der Waals surface area contributed by atoms with Gasteiger partial charge in [0.25, 0.3) is 0 Å². The first kappa shape index (κ1) is 22.8. The van der Waals surface area contributed by atoms with E-state index in [-0.39, 0.29) is 11.6 Å². The van der Waals surface area contributed by atoms with Crippen LogP contribution in [0.15, 0.2) is 115 Å². The fraction of sp³-hybridized carbons (Fsp3) is 0. The number of aromatic nitrogens is 2. The summed E-state index contributed by atoms with van der Waals surface area (Å²) in [4.78, 5) is 31.6. The third-order valence-corrected chi connectivity index (χ3v) is 3.87. The molecule has 2 aromatic carbocycles. The van der Waals surface area contributed by atoms with Crippen LogP contribution in [0, 0.1) is 0 Å². The Morgan fingerprint density at radius 2 is 0.935 bits per heavy atom. The molecule has 0 fully saturated rings. The van der Waals surface area contributed by atoms with Gasteiger partial charge in [-0.2, -0.15) is 0 Å². The Morgan fingerprint density at radius 1 is 0.613 bits per heavy atom. The predicted molar refractivity (Wildman–Crippen MR) is 120 cm³/mol. The Bertz CT molecular complexity index is 902.